The highest BCUT2D eigenvalue weighted by molar-refractivity contribution is 7.80. The Balaban J connectivity index is 1.78. The zero-order chi connectivity index (χ0) is 19.1. The van der Waals surface area contributed by atoms with E-state index in [9.17, 15) is 4.39 Å². The van der Waals surface area contributed by atoms with Crippen LogP contribution >= 0.6 is 12.2 Å². The van der Waals surface area contributed by atoms with Crippen molar-refractivity contribution in [1.82, 2.24) is 4.90 Å². The van der Waals surface area contributed by atoms with Crippen LogP contribution in [0, 0.1) is 5.82 Å². The second kappa shape index (κ2) is 9.14. The smallest absolute Gasteiger partial charge is 0.174 e. The summed E-state index contributed by atoms with van der Waals surface area (Å²) >= 11 is 5.66. The minimum absolute atomic E-state index is 0.245. The van der Waals surface area contributed by atoms with E-state index < -0.39 is 0 Å². The summed E-state index contributed by atoms with van der Waals surface area (Å²) in [6.45, 7) is 1.22. The number of halogens is 1. The SMILES string of the molecule is COc1cccc(NC(=S)N(Cc2ccccc2)Cc2ccc(F)cc2)c1. The number of thiocarbonyl (C=S) groups is 1. The van der Waals surface area contributed by atoms with Crippen LogP contribution in [-0.4, -0.2) is 17.1 Å². The second-order valence-electron chi connectivity index (χ2n) is 6.13. The van der Waals surface area contributed by atoms with E-state index in [1.165, 1.54) is 12.1 Å². The van der Waals surface area contributed by atoms with Gasteiger partial charge in [0.2, 0.25) is 0 Å². The third-order valence-electron chi connectivity index (χ3n) is 4.11. The van der Waals surface area contributed by atoms with Crippen molar-refractivity contribution in [2.24, 2.45) is 0 Å². The van der Waals surface area contributed by atoms with E-state index in [0.717, 1.165) is 22.6 Å². The number of ether oxygens (including phenoxy) is 1. The highest BCUT2D eigenvalue weighted by atomic mass is 32.1. The number of benzene rings is 3. The number of hydrogen-bond donors (Lipinski definition) is 1. The van der Waals surface area contributed by atoms with Gasteiger partial charge in [-0.3, -0.25) is 0 Å². The van der Waals surface area contributed by atoms with Gasteiger partial charge in [0.1, 0.15) is 11.6 Å². The summed E-state index contributed by atoms with van der Waals surface area (Å²) in [6.07, 6.45) is 0. The highest BCUT2D eigenvalue weighted by Crippen LogP contribution is 2.19. The predicted octanol–water partition coefficient (Wildman–Crippen LogP) is 5.23. The van der Waals surface area contributed by atoms with Crippen LogP contribution in [0.2, 0.25) is 0 Å². The van der Waals surface area contributed by atoms with E-state index in [2.05, 4.69) is 22.3 Å². The molecule has 0 spiro atoms. The normalized spacial score (nSPS) is 10.3. The average Bonchev–Trinajstić information content (AvgIpc) is 2.70. The van der Waals surface area contributed by atoms with Gasteiger partial charge in [0.05, 0.1) is 7.11 Å². The highest BCUT2D eigenvalue weighted by Gasteiger charge is 2.12. The topological polar surface area (TPSA) is 24.5 Å². The summed E-state index contributed by atoms with van der Waals surface area (Å²) < 4.78 is 18.5. The Bertz CT molecular complexity index is 884. The molecule has 0 aliphatic carbocycles. The number of nitrogens with one attached hydrogen (secondary N) is 1. The monoisotopic (exact) mass is 380 g/mol. The van der Waals surface area contributed by atoms with E-state index in [4.69, 9.17) is 17.0 Å². The van der Waals surface area contributed by atoms with Crippen LogP contribution in [-0.2, 0) is 13.1 Å². The Morgan fingerprint density at radius 2 is 1.59 bits per heavy atom. The van der Waals surface area contributed by atoms with E-state index >= 15 is 0 Å². The largest absolute Gasteiger partial charge is 0.497 e. The number of hydrogen-bond acceptors (Lipinski definition) is 2. The maximum Gasteiger partial charge on any atom is 0.174 e. The number of methoxy groups -OCH3 is 1. The van der Waals surface area contributed by atoms with Gasteiger partial charge in [-0.05, 0) is 47.6 Å². The lowest BCUT2D eigenvalue weighted by Gasteiger charge is -2.26. The van der Waals surface area contributed by atoms with Crippen LogP contribution in [0.5, 0.6) is 5.75 Å². The first kappa shape index (κ1) is 18.9. The van der Waals surface area contributed by atoms with Crippen LogP contribution in [0.15, 0.2) is 78.9 Å². The summed E-state index contributed by atoms with van der Waals surface area (Å²) in [5.74, 6) is 0.515. The van der Waals surface area contributed by atoms with Gasteiger partial charge in [-0.25, -0.2) is 4.39 Å². The summed E-state index contributed by atoms with van der Waals surface area (Å²) in [6, 6.07) is 24.2. The molecule has 3 aromatic carbocycles. The number of rotatable bonds is 6. The molecular formula is C22H21FN2OS. The molecule has 3 nitrogen and oxygen atoms in total. The second-order valence-corrected chi connectivity index (χ2v) is 6.52. The molecule has 0 heterocycles. The van der Waals surface area contributed by atoms with Crippen molar-refractivity contribution in [3.63, 3.8) is 0 Å². The minimum atomic E-state index is -0.245. The standard InChI is InChI=1S/C22H21FN2OS/c1-26-21-9-5-8-20(14-21)24-22(27)25(15-17-6-3-2-4-7-17)16-18-10-12-19(23)13-11-18/h2-14H,15-16H2,1H3,(H,24,27). The lowest BCUT2D eigenvalue weighted by Crippen LogP contribution is -2.33. The number of nitrogens with zero attached hydrogens (tertiary/aromatic N) is 1. The molecule has 5 heteroatoms. The van der Waals surface area contributed by atoms with Gasteiger partial charge >= 0.3 is 0 Å². The molecule has 0 aromatic heterocycles. The van der Waals surface area contributed by atoms with Crippen molar-refractivity contribution < 1.29 is 9.13 Å². The van der Waals surface area contributed by atoms with Crippen molar-refractivity contribution in [3.05, 3.63) is 95.8 Å². The van der Waals surface area contributed by atoms with E-state index in [-0.39, 0.29) is 5.82 Å². The molecule has 0 radical (unpaired) electrons. The van der Waals surface area contributed by atoms with Gasteiger partial charge in [0, 0.05) is 24.8 Å². The molecule has 0 saturated carbocycles. The molecule has 138 valence electrons. The van der Waals surface area contributed by atoms with Crippen LogP contribution in [0.1, 0.15) is 11.1 Å². The molecular weight excluding hydrogens is 359 g/mol. The van der Waals surface area contributed by atoms with Gasteiger partial charge in [0.25, 0.3) is 0 Å². The van der Waals surface area contributed by atoms with Crippen LogP contribution in [0.3, 0.4) is 0 Å². The van der Waals surface area contributed by atoms with Crippen molar-refractivity contribution in [1.29, 1.82) is 0 Å². The fourth-order valence-electron chi connectivity index (χ4n) is 2.72. The maximum atomic E-state index is 13.2. The maximum absolute atomic E-state index is 13.2. The third-order valence-corrected chi connectivity index (χ3v) is 4.47. The van der Waals surface area contributed by atoms with Crippen molar-refractivity contribution in [2.75, 3.05) is 12.4 Å². The first-order chi connectivity index (χ1) is 13.1. The first-order valence-corrected chi connectivity index (χ1v) is 9.03. The van der Waals surface area contributed by atoms with E-state index in [1.807, 2.05) is 42.5 Å². The van der Waals surface area contributed by atoms with E-state index in [1.54, 1.807) is 19.2 Å². The summed E-state index contributed by atoms with van der Waals surface area (Å²) in [5, 5.41) is 3.87. The predicted molar refractivity (Wildman–Crippen MR) is 111 cm³/mol. The molecule has 0 bridgehead atoms. The van der Waals surface area contributed by atoms with E-state index in [0.29, 0.717) is 18.2 Å². The third kappa shape index (κ3) is 5.53. The summed E-state index contributed by atoms with van der Waals surface area (Å²) in [4.78, 5) is 2.05. The molecule has 0 atom stereocenters. The summed E-state index contributed by atoms with van der Waals surface area (Å²) in [5.41, 5.74) is 2.99. The lowest BCUT2D eigenvalue weighted by atomic mass is 10.1. The Labute approximate surface area is 164 Å². The Hall–Kier alpha value is -2.92. The van der Waals surface area contributed by atoms with Crippen LogP contribution in [0.25, 0.3) is 0 Å². The van der Waals surface area contributed by atoms with Crippen molar-refractivity contribution in [3.8, 4) is 5.75 Å². The quantitative estimate of drug-likeness (QED) is 0.592. The fourth-order valence-corrected chi connectivity index (χ4v) is 2.96. The molecule has 0 fully saturated rings. The molecule has 0 aliphatic heterocycles. The van der Waals surface area contributed by atoms with Gasteiger partial charge in [0.15, 0.2) is 5.11 Å². The van der Waals surface area contributed by atoms with Crippen LogP contribution < -0.4 is 10.1 Å². The molecule has 0 amide bonds. The Morgan fingerprint density at radius 3 is 2.26 bits per heavy atom. The number of anilines is 1. The molecule has 0 saturated heterocycles. The van der Waals surface area contributed by atoms with Gasteiger partial charge in [-0.1, -0.05) is 48.5 Å². The van der Waals surface area contributed by atoms with Crippen molar-refractivity contribution >= 4 is 23.0 Å². The Kier molecular flexibility index (Phi) is 6.39. The van der Waals surface area contributed by atoms with Gasteiger partial charge in [-0.15, -0.1) is 0 Å². The molecule has 27 heavy (non-hydrogen) atoms. The van der Waals surface area contributed by atoms with Crippen molar-refractivity contribution in [2.45, 2.75) is 13.1 Å². The molecule has 0 unspecified atom stereocenters. The van der Waals surface area contributed by atoms with Crippen LogP contribution in [0.4, 0.5) is 10.1 Å². The van der Waals surface area contributed by atoms with Gasteiger partial charge < -0.3 is 15.0 Å². The first-order valence-electron chi connectivity index (χ1n) is 8.62. The summed E-state index contributed by atoms with van der Waals surface area (Å²) in [7, 11) is 1.63. The Morgan fingerprint density at radius 1 is 0.926 bits per heavy atom. The molecule has 3 rings (SSSR count). The fraction of sp³-hybridized carbons (Fsp3) is 0.136. The van der Waals surface area contributed by atoms with Gasteiger partial charge in [-0.2, -0.15) is 0 Å². The average molecular weight is 380 g/mol. The molecule has 0 aliphatic rings. The zero-order valence-electron chi connectivity index (χ0n) is 15.1. The molecule has 1 N–H and O–H groups in total. The lowest BCUT2D eigenvalue weighted by molar-refractivity contribution is 0.411. The molecule has 3 aromatic rings. The zero-order valence-corrected chi connectivity index (χ0v) is 15.9. The minimum Gasteiger partial charge on any atom is -0.497 e.